The Hall–Kier alpha value is -3.60. The van der Waals surface area contributed by atoms with Crippen molar-refractivity contribution >= 4 is 22.6 Å². The second-order valence-corrected chi connectivity index (χ2v) is 7.20. The number of rotatable bonds is 7. The third-order valence-corrected chi connectivity index (χ3v) is 5.12. The van der Waals surface area contributed by atoms with Crippen LogP contribution in [0, 0.1) is 0 Å². The number of anilines is 1. The molecule has 0 aliphatic carbocycles. The standard InChI is InChI=1S/C24H23N3O2/c25-20-10-12-23(26-15-20)27-16-19(9-6-17-4-2-1-3-5-17)21-14-18(7-11-22(21)27)8-13-24(28)29/h1-5,7,10-12,14-16H,6,8-9,13,25H2,(H,28,29). The minimum Gasteiger partial charge on any atom is -0.481 e. The number of hydrogen-bond acceptors (Lipinski definition) is 3. The minimum absolute atomic E-state index is 0.130. The molecule has 29 heavy (non-hydrogen) atoms. The van der Waals surface area contributed by atoms with Gasteiger partial charge in [-0.05, 0) is 60.2 Å². The Kier molecular flexibility index (Phi) is 5.29. The van der Waals surface area contributed by atoms with Crippen LogP contribution in [0.25, 0.3) is 16.7 Å². The molecule has 0 saturated heterocycles. The number of aryl methyl sites for hydroxylation is 3. The first-order chi connectivity index (χ1) is 14.1. The molecule has 2 aromatic heterocycles. The number of aromatic nitrogens is 2. The zero-order chi connectivity index (χ0) is 20.2. The van der Waals surface area contributed by atoms with Crippen molar-refractivity contribution in [2.45, 2.75) is 25.7 Å². The van der Waals surface area contributed by atoms with Crippen LogP contribution in [0.5, 0.6) is 0 Å². The monoisotopic (exact) mass is 385 g/mol. The predicted octanol–water partition coefficient (Wildman–Crippen LogP) is 4.41. The largest absolute Gasteiger partial charge is 0.481 e. The van der Waals surface area contributed by atoms with Gasteiger partial charge in [0.05, 0.1) is 17.4 Å². The zero-order valence-electron chi connectivity index (χ0n) is 16.1. The number of carboxylic acid groups (broad SMARTS) is 1. The summed E-state index contributed by atoms with van der Waals surface area (Å²) in [5.74, 6) is 0.0338. The summed E-state index contributed by atoms with van der Waals surface area (Å²) >= 11 is 0. The van der Waals surface area contributed by atoms with E-state index in [9.17, 15) is 4.79 Å². The summed E-state index contributed by atoms with van der Waals surface area (Å²) in [5, 5.41) is 10.1. The maximum absolute atomic E-state index is 11.0. The zero-order valence-corrected chi connectivity index (χ0v) is 16.1. The van der Waals surface area contributed by atoms with Gasteiger partial charge in [-0.1, -0.05) is 36.4 Å². The first-order valence-electron chi connectivity index (χ1n) is 9.70. The summed E-state index contributed by atoms with van der Waals surface area (Å²) < 4.78 is 2.08. The molecule has 0 spiro atoms. The lowest BCUT2D eigenvalue weighted by Gasteiger charge is -2.06. The summed E-state index contributed by atoms with van der Waals surface area (Å²) in [6.45, 7) is 0. The quantitative estimate of drug-likeness (QED) is 0.494. The normalized spacial score (nSPS) is 11.0. The molecule has 0 unspecified atom stereocenters. The van der Waals surface area contributed by atoms with Crippen molar-refractivity contribution in [3.63, 3.8) is 0 Å². The van der Waals surface area contributed by atoms with E-state index in [-0.39, 0.29) is 6.42 Å². The van der Waals surface area contributed by atoms with E-state index < -0.39 is 5.97 Å². The van der Waals surface area contributed by atoms with E-state index in [2.05, 4.69) is 52.1 Å². The highest BCUT2D eigenvalue weighted by molar-refractivity contribution is 5.86. The number of carboxylic acids is 1. The van der Waals surface area contributed by atoms with Gasteiger partial charge in [-0.25, -0.2) is 4.98 Å². The third-order valence-electron chi connectivity index (χ3n) is 5.12. The number of carbonyl (C=O) groups is 1. The van der Waals surface area contributed by atoms with Crippen molar-refractivity contribution in [1.82, 2.24) is 9.55 Å². The summed E-state index contributed by atoms with van der Waals surface area (Å²) in [6, 6.07) is 20.3. The molecule has 5 nitrogen and oxygen atoms in total. The van der Waals surface area contributed by atoms with E-state index >= 15 is 0 Å². The van der Waals surface area contributed by atoms with E-state index in [4.69, 9.17) is 10.8 Å². The molecular formula is C24H23N3O2. The van der Waals surface area contributed by atoms with Gasteiger partial charge in [-0.2, -0.15) is 0 Å². The molecule has 4 rings (SSSR count). The van der Waals surface area contributed by atoms with Gasteiger partial charge in [-0.15, -0.1) is 0 Å². The van der Waals surface area contributed by atoms with Crippen LogP contribution in [0.2, 0.25) is 0 Å². The van der Waals surface area contributed by atoms with Crippen LogP contribution in [0.1, 0.15) is 23.1 Å². The van der Waals surface area contributed by atoms with E-state index in [0.717, 1.165) is 35.1 Å². The number of pyridine rings is 1. The Labute approximate surface area is 169 Å². The van der Waals surface area contributed by atoms with E-state index in [1.54, 1.807) is 6.20 Å². The average molecular weight is 385 g/mol. The molecule has 3 N–H and O–H groups in total. The lowest BCUT2D eigenvalue weighted by molar-refractivity contribution is -0.136. The Bertz CT molecular complexity index is 1130. The molecule has 0 radical (unpaired) electrons. The van der Waals surface area contributed by atoms with Gasteiger partial charge in [0.2, 0.25) is 0 Å². The molecule has 0 fully saturated rings. The fourth-order valence-corrected chi connectivity index (χ4v) is 3.60. The number of nitrogen functional groups attached to an aromatic ring is 1. The van der Waals surface area contributed by atoms with Crippen molar-refractivity contribution in [3.05, 3.63) is 89.7 Å². The molecule has 0 amide bonds. The van der Waals surface area contributed by atoms with Crippen LogP contribution in [-0.4, -0.2) is 20.6 Å². The third kappa shape index (κ3) is 4.29. The van der Waals surface area contributed by atoms with Crippen molar-refractivity contribution < 1.29 is 9.90 Å². The Balaban J connectivity index is 1.73. The summed E-state index contributed by atoms with van der Waals surface area (Å²) in [4.78, 5) is 15.4. The maximum atomic E-state index is 11.0. The summed E-state index contributed by atoms with van der Waals surface area (Å²) in [7, 11) is 0. The number of nitrogens with zero attached hydrogens (tertiary/aromatic N) is 2. The van der Waals surface area contributed by atoms with Crippen LogP contribution < -0.4 is 5.73 Å². The fraction of sp³-hybridized carbons (Fsp3) is 0.167. The van der Waals surface area contributed by atoms with E-state index in [1.165, 1.54) is 11.1 Å². The molecule has 4 aromatic rings. The van der Waals surface area contributed by atoms with Crippen LogP contribution in [-0.2, 0) is 24.1 Å². The first kappa shape index (κ1) is 18.7. The Morgan fingerprint density at radius 3 is 2.52 bits per heavy atom. The number of nitrogens with two attached hydrogens (primary N) is 1. The number of aliphatic carboxylic acids is 1. The molecule has 0 atom stereocenters. The fourth-order valence-electron chi connectivity index (χ4n) is 3.60. The molecule has 2 heterocycles. The highest BCUT2D eigenvalue weighted by atomic mass is 16.4. The van der Waals surface area contributed by atoms with Gasteiger partial charge < -0.3 is 15.4 Å². The van der Waals surface area contributed by atoms with Crippen LogP contribution >= 0.6 is 0 Å². The van der Waals surface area contributed by atoms with Crippen molar-refractivity contribution in [3.8, 4) is 5.82 Å². The highest BCUT2D eigenvalue weighted by Gasteiger charge is 2.12. The van der Waals surface area contributed by atoms with Crippen molar-refractivity contribution in [1.29, 1.82) is 0 Å². The lowest BCUT2D eigenvalue weighted by atomic mass is 10.0. The topological polar surface area (TPSA) is 81.1 Å². The number of hydrogen-bond donors (Lipinski definition) is 2. The van der Waals surface area contributed by atoms with E-state index in [1.807, 2.05) is 24.3 Å². The first-order valence-corrected chi connectivity index (χ1v) is 9.70. The minimum atomic E-state index is -0.780. The van der Waals surface area contributed by atoms with Crippen molar-refractivity contribution in [2.24, 2.45) is 0 Å². The molecule has 0 bridgehead atoms. The second-order valence-electron chi connectivity index (χ2n) is 7.20. The van der Waals surface area contributed by atoms with Gasteiger partial charge in [0.25, 0.3) is 0 Å². The molecular weight excluding hydrogens is 362 g/mol. The van der Waals surface area contributed by atoms with Crippen LogP contribution in [0.15, 0.2) is 73.1 Å². The summed E-state index contributed by atoms with van der Waals surface area (Å²) in [6.07, 6.45) is 6.28. The van der Waals surface area contributed by atoms with Gasteiger partial charge in [0, 0.05) is 18.0 Å². The number of benzene rings is 2. The predicted molar refractivity (Wildman–Crippen MR) is 115 cm³/mol. The maximum Gasteiger partial charge on any atom is 0.303 e. The second kappa shape index (κ2) is 8.19. The highest BCUT2D eigenvalue weighted by Crippen LogP contribution is 2.27. The van der Waals surface area contributed by atoms with Gasteiger partial charge in [0.1, 0.15) is 5.82 Å². The molecule has 5 heteroatoms. The van der Waals surface area contributed by atoms with Gasteiger partial charge in [-0.3, -0.25) is 4.79 Å². The summed E-state index contributed by atoms with van der Waals surface area (Å²) in [5.41, 5.74) is 11.0. The molecule has 2 aromatic carbocycles. The van der Waals surface area contributed by atoms with E-state index in [0.29, 0.717) is 12.1 Å². The Morgan fingerprint density at radius 2 is 1.79 bits per heavy atom. The molecule has 146 valence electrons. The lowest BCUT2D eigenvalue weighted by Crippen LogP contribution is -1.98. The smallest absolute Gasteiger partial charge is 0.303 e. The van der Waals surface area contributed by atoms with Gasteiger partial charge in [0.15, 0.2) is 0 Å². The molecule has 0 saturated carbocycles. The SMILES string of the molecule is Nc1ccc(-n2cc(CCc3ccccc3)c3cc(CCC(=O)O)ccc32)nc1. The average Bonchev–Trinajstić information content (AvgIpc) is 3.10. The Morgan fingerprint density at radius 1 is 0.966 bits per heavy atom. The van der Waals surface area contributed by atoms with Gasteiger partial charge >= 0.3 is 5.97 Å². The molecule has 0 aliphatic rings. The number of fused-ring (bicyclic) bond motifs is 1. The van der Waals surface area contributed by atoms with Crippen molar-refractivity contribution in [2.75, 3.05) is 5.73 Å². The van der Waals surface area contributed by atoms with Crippen LogP contribution in [0.3, 0.4) is 0 Å². The molecule has 0 aliphatic heterocycles. The van der Waals surface area contributed by atoms with Crippen LogP contribution in [0.4, 0.5) is 5.69 Å².